The minimum atomic E-state index is 0. The number of nitrogens with zero attached hydrogens (tertiary/aromatic N) is 2. The highest BCUT2D eigenvalue weighted by molar-refractivity contribution is 5.85. The molecule has 31 heavy (non-hydrogen) atoms. The van der Waals surface area contributed by atoms with Crippen LogP contribution in [0.4, 0.5) is 0 Å². The number of ether oxygens (including phenoxy) is 1. The summed E-state index contributed by atoms with van der Waals surface area (Å²) in [5.74, 6) is 1.85. The average Bonchev–Trinajstić information content (AvgIpc) is 2.78. The fourth-order valence-electron chi connectivity index (χ4n) is 3.91. The van der Waals surface area contributed by atoms with Gasteiger partial charge in [0.1, 0.15) is 11.5 Å². The fourth-order valence-corrected chi connectivity index (χ4v) is 3.91. The predicted octanol–water partition coefficient (Wildman–Crippen LogP) is 6.07. The first-order chi connectivity index (χ1) is 14.4. The van der Waals surface area contributed by atoms with Gasteiger partial charge in [0.25, 0.3) is 0 Å². The number of hydrogen-bond acceptors (Lipinski definition) is 3. The highest BCUT2D eigenvalue weighted by atomic mass is 35.5. The van der Waals surface area contributed by atoms with Gasteiger partial charge in [-0.2, -0.15) is 0 Å². The van der Waals surface area contributed by atoms with Crippen molar-refractivity contribution in [3.63, 3.8) is 0 Å². The van der Waals surface area contributed by atoms with Crippen LogP contribution in [0.3, 0.4) is 0 Å². The van der Waals surface area contributed by atoms with E-state index in [0.717, 1.165) is 44.2 Å². The molecule has 0 bridgehead atoms. The lowest BCUT2D eigenvalue weighted by Gasteiger charge is -2.35. The molecule has 0 aliphatic carbocycles. The van der Waals surface area contributed by atoms with Crippen molar-refractivity contribution < 1.29 is 4.74 Å². The van der Waals surface area contributed by atoms with Crippen LogP contribution >= 0.6 is 24.8 Å². The Morgan fingerprint density at radius 1 is 0.645 bits per heavy atom. The summed E-state index contributed by atoms with van der Waals surface area (Å²) in [6, 6.07) is 29.3. The molecule has 1 fully saturated rings. The van der Waals surface area contributed by atoms with E-state index in [1.54, 1.807) is 0 Å². The largest absolute Gasteiger partial charge is 0.457 e. The van der Waals surface area contributed by atoms with E-state index in [4.69, 9.17) is 4.74 Å². The number of rotatable bonds is 8. The first-order valence-corrected chi connectivity index (χ1v) is 10.7. The number of halogens is 2. The van der Waals surface area contributed by atoms with E-state index < -0.39 is 0 Å². The van der Waals surface area contributed by atoms with Gasteiger partial charge in [0.05, 0.1) is 0 Å². The molecule has 166 valence electrons. The smallest absolute Gasteiger partial charge is 0.131 e. The molecule has 0 atom stereocenters. The van der Waals surface area contributed by atoms with Crippen molar-refractivity contribution in [3.05, 3.63) is 96.1 Å². The van der Waals surface area contributed by atoms with Crippen LogP contribution in [0.1, 0.15) is 17.5 Å². The molecule has 5 heteroatoms. The summed E-state index contributed by atoms with van der Waals surface area (Å²) in [7, 11) is 0. The van der Waals surface area contributed by atoms with E-state index in [1.807, 2.05) is 36.4 Å². The van der Waals surface area contributed by atoms with Crippen molar-refractivity contribution in [2.75, 3.05) is 32.7 Å². The Balaban J connectivity index is 0.00000171. The number of hydrogen-bond donors (Lipinski definition) is 0. The molecule has 0 aromatic heterocycles. The lowest BCUT2D eigenvalue weighted by Crippen LogP contribution is -2.46. The topological polar surface area (TPSA) is 15.7 Å². The van der Waals surface area contributed by atoms with Gasteiger partial charge in [0, 0.05) is 38.3 Å². The number of aryl methyl sites for hydroxylation is 1. The molecular weight excluding hydrogens is 427 g/mol. The van der Waals surface area contributed by atoms with Gasteiger partial charge >= 0.3 is 0 Å². The van der Waals surface area contributed by atoms with Gasteiger partial charge in [-0.05, 0) is 43.1 Å². The molecule has 3 aromatic carbocycles. The van der Waals surface area contributed by atoms with Crippen LogP contribution in [0.15, 0.2) is 84.9 Å². The molecule has 0 amide bonds. The molecule has 1 aliphatic heterocycles. The van der Waals surface area contributed by atoms with E-state index in [2.05, 4.69) is 58.3 Å². The van der Waals surface area contributed by atoms with Crippen LogP contribution in [0.5, 0.6) is 11.5 Å². The van der Waals surface area contributed by atoms with Gasteiger partial charge in [0.2, 0.25) is 0 Å². The van der Waals surface area contributed by atoms with Crippen molar-refractivity contribution in [2.24, 2.45) is 0 Å². The van der Waals surface area contributed by atoms with Crippen LogP contribution < -0.4 is 4.74 Å². The first kappa shape index (κ1) is 25.2. The SMILES string of the molecule is Cl.Cl.c1ccc(CCCN2CCN(Cc3ccccc3Oc3ccccc3)CC2)cc1. The van der Waals surface area contributed by atoms with Crippen molar-refractivity contribution in [1.29, 1.82) is 0 Å². The van der Waals surface area contributed by atoms with E-state index in [9.17, 15) is 0 Å². The Hall–Kier alpha value is -2.04. The lowest BCUT2D eigenvalue weighted by atomic mass is 10.1. The van der Waals surface area contributed by atoms with Crippen LogP contribution in [-0.2, 0) is 13.0 Å². The summed E-state index contributed by atoms with van der Waals surface area (Å²) in [6.07, 6.45) is 2.41. The van der Waals surface area contributed by atoms with Crippen molar-refractivity contribution in [1.82, 2.24) is 9.80 Å². The fraction of sp³-hybridized carbons (Fsp3) is 0.308. The third-order valence-electron chi connectivity index (χ3n) is 5.59. The second kappa shape index (κ2) is 13.4. The number of benzene rings is 3. The standard InChI is InChI=1S/C26H30N2O.2ClH/c1-3-10-23(11-4-1)12-9-17-27-18-20-28(21-19-27)22-24-13-7-8-16-26(24)29-25-14-5-2-6-15-25;;/h1-8,10-11,13-16H,9,12,17-22H2;2*1H. The summed E-state index contributed by atoms with van der Waals surface area (Å²) in [5, 5.41) is 0. The third-order valence-corrected chi connectivity index (χ3v) is 5.59. The molecule has 0 radical (unpaired) electrons. The van der Waals surface area contributed by atoms with Crippen LogP contribution in [0.25, 0.3) is 0 Å². The first-order valence-electron chi connectivity index (χ1n) is 10.7. The maximum absolute atomic E-state index is 6.13. The zero-order valence-electron chi connectivity index (χ0n) is 17.9. The Morgan fingerprint density at radius 3 is 1.94 bits per heavy atom. The maximum Gasteiger partial charge on any atom is 0.131 e. The lowest BCUT2D eigenvalue weighted by molar-refractivity contribution is 0.125. The Bertz CT molecular complexity index is 869. The molecule has 0 spiro atoms. The number of piperazine rings is 1. The van der Waals surface area contributed by atoms with E-state index >= 15 is 0 Å². The average molecular weight is 459 g/mol. The Morgan fingerprint density at radius 2 is 1.23 bits per heavy atom. The summed E-state index contributed by atoms with van der Waals surface area (Å²) in [6.45, 7) is 6.67. The molecule has 0 unspecified atom stereocenters. The summed E-state index contributed by atoms with van der Waals surface area (Å²) in [4.78, 5) is 5.15. The van der Waals surface area contributed by atoms with Crippen LogP contribution in [0.2, 0.25) is 0 Å². The van der Waals surface area contributed by atoms with E-state index in [1.165, 1.54) is 30.5 Å². The molecule has 1 heterocycles. The molecular formula is C26H32Cl2N2O. The van der Waals surface area contributed by atoms with Gasteiger partial charge in [-0.1, -0.05) is 66.7 Å². The van der Waals surface area contributed by atoms with Crippen LogP contribution in [-0.4, -0.2) is 42.5 Å². The van der Waals surface area contributed by atoms with E-state index in [-0.39, 0.29) is 24.8 Å². The second-order valence-corrected chi connectivity index (χ2v) is 7.73. The summed E-state index contributed by atoms with van der Waals surface area (Å²) in [5.41, 5.74) is 2.70. The molecule has 4 rings (SSSR count). The molecule has 0 N–H and O–H groups in total. The molecule has 3 nitrogen and oxygen atoms in total. The minimum absolute atomic E-state index is 0. The van der Waals surface area contributed by atoms with Crippen molar-refractivity contribution in [2.45, 2.75) is 19.4 Å². The highest BCUT2D eigenvalue weighted by Gasteiger charge is 2.18. The molecule has 1 aliphatic rings. The molecule has 0 saturated carbocycles. The molecule has 3 aromatic rings. The van der Waals surface area contributed by atoms with Crippen molar-refractivity contribution >= 4 is 24.8 Å². The van der Waals surface area contributed by atoms with Gasteiger partial charge < -0.3 is 9.64 Å². The zero-order chi connectivity index (χ0) is 19.7. The van der Waals surface area contributed by atoms with Crippen LogP contribution in [0, 0.1) is 0 Å². The quantitative estimate of drug-likeness (QED) is 0.407. The number of para-hydroxylation sites is 2. The minimum Gasteiger partial charge on any atom is -0.457 e. The maximum atomic E-state index is 6.13. The summed E-state index contributed by atoms with van der Waals surface area (Å²) < 4.78 is 6.13. The van der Waals surface area contributed by atoms with Gasteiger partial charge in [-0.15, -0.1) is 24.8 Å². The monoisotopic (exact) mass is 458 g/mol. The predicted molar refractivity (Wildman–Crippen MR) is 134 cm³/mol. The Labute approximate surface area is 198 Å². The van der Waals surface area contributed by atoms with Gasteiger partial charge in [0.15, 0.2) is 0 Å². The van der Waals surface area contributed by atoms with E-state index in [0.29, 0.717) is 0 Å². The van der Waals surface area contributed by atoms with Crippen molar-refractivity contribution in [3.8, 4) is 11.5 Å². The second-order valence-electron chi connectivity index (χ2n) is 7.73. The normalized spacial score (nSPS) is 14.3. The Kier molecular flexibility index (Phi) is 10.9. The molecule has 1 saturated heterocycles. The highest BCUT2D eigenvalue weighted by Crippen LogP contribution is 2.26. The summed E-state index contributed by atoms with van der Waals surface area (Å²) >= 11 is 0. The zero-order valence-corrected chi connectivity index (χ0v) is 19.5. The van der Waals surface area contributed by atoms with Gasteiger partial charge in [-0.25, -0.2) is 0 Å². The third kappa shape index (κ3) is 7.86. The van der Waals surface area contributed by atoms with Gasteiger partial charge in [-0.3, -0.25) is 4.90 Å².